The Balaban J connectivity index is 1.83. The highest BCUT2D eigenvalue weighted by molar-refractivity contribution is 6.32. The van der Waals surface area contributed by atoms with Crippen molar-refractivity contribution < 1.29 is 14.4 Å². The number of fused-ring (bicyclic) bond motifs is 1. The zero-order valence-electron chi connectivity index (χ0n) is 10.9. The van der Waals surface area contributed by atoms with Gasteiger partial charge >= 0.3 is 6.03 Å². The van der Waals surface area contributed by atoms with Crippen LogP contribution in [0.15, 0.2) is 18.2 Å². The molecular formula is C13H12BN3O3. The van der Waals surface area contributed by atoms with Gasteiger partial charge in [-0.1, -0.05) is 17.6 Å². The Bertz CT molecular complexity index is 646. The molecular weight excluding hydrogens is 257 g/mol. The van der Waals surface area contributed by atoms with Crippen LogP contribution in [0.5, 0.6) is 0 Å². The number of nitrogens with zero attached hydrogens (tertiary/aromatic N) is 1. The van der Waals surface area contributed by atoms with E-state index in [0.29, 0.717) is 17.6 Å². The summed E-state index contributed by atoms with van der Waals surface area (Å²) in [5, 5.41) is 4.73. The largest absolute Gasteiger partial charge is 0.331 e. The number of hydrogen-bond donors (Lipinski definition) is 2. The summed E-state index contributed by atoms with van der Waals surface area (Å²) < 4.78 is 0. The zero-order chi connectivity index (χ0) is 14.5. The Morgan fingerprint density at radius 1 is 1.35 bits per heavy atom. The number of imide groups is 1. The van der Waals surface area contributed by atoms with Gasteiger partial charge in [0.25, 0.3) is 11.8 Å². The van der Waals surface area contributed by atoms with Crippen LogP contribution in [0.2, 0.25) is 0 Å². The quantitative estimate of drug-likeness (QED) is 0.536. The van der Waals surface area contributed by atoms with Gasteiger partial charge < -0.3 is 10.2 Å². The fourth-order valence-corrected chi connectivity index (χ4v) is 2.60. The lowest BCUT2D eigenvalue weighted by Crippen LogP contribution is -2.52. The minimum Gasteiger partial charge on any atom is -0.331 e. The summed E-state index contributed by atoms with van der Waals surface area (Å²) in [5.41, 5.74) is 0.924. The number of benzene rings is 1. The highest BCUT2D eigenvalue weighted by Crippen LogP contribution is 2.24. The number of rotatable bonds is 2. The van der Waals surface area contributed by atoms with Crippen LogP contribution in [-0.2, 0) is 11.3 Å². The molecule has 0 aliphatic carbocycles. The second kappa shape index (κ2) is 4.09. The normalized spacial score (nSPS) is 24.6. The molecule has 0 aromatic heterocycles. The summed E-state index contributed by atoms with van der Waals surface area (Å²) >= 11 is 0. The van der Waals surface area contributed by atoms with Gasteiger partial charge in [-0.15, -0.1) is 0 Å². The smallest absolute Gasteiger partial charge is 0.322 e. The standard InChI is InChI=1S/C13H12BN3O3/c1-13(11(19)15-12(20)16-13)6-17-5-7-4-8(14)2-3-9(7)10(17)18/h2-4H,5-6H2,1H3,(H2,15,16,19,20). The predicted molar refractivity (Wildman–Crippen MR) is 71.6 cm³/mol. The Hall–Kier alpha value is -2.31. The molecule has 2 N–H and O–H groups in total. The molecule has 0 spiro atoms. The van der Waals surface area contributed by atoms with Crippen molar-refractivity contribution in [3.05, 3.63) is 29.3 Å². The van der Waals surface area contributed by atoms with E-state index in [1.165, 1.54) is 4.90 Å². The Labute approximate surface area is 116 Å². The second-order valence-electron chi connectivity index (χ2n) is 5.32. The van der Waals surface area contributed by atoms with Gasteiger partial charge in [0.05, 0.1) is 6.54 Å². The van der Waals surface area contributed by atoms with Gasteiger partial charge in [-0.2, -0.15) is 0 Å². The predicted octanol–water partition coefficient (Wildman–Crippen LogP) is -0.966. The van der Waals surface area contributed by atoms with E-state index in [1.54, 1.807) is 25.1 Å². The number of nitrogens with one attached hydrogen (secondary N) is 2. The van der Waals surface area contributed by atoms with E-state index in [1.807, 2.05) is 0 Å². The number of amides is 4. The summed E-state index contributed by atoms with van der Waals surface area (Å²) in [7, 11) is 5.70. The molecule has 1 saturated heterocycles. The molecule has 0 bridgehead atoms. The summed E-state index contributed by atoms with van der Waals surface area (Å²) in [4.78, 5) is 36.8. The molecule has 1 aromatic carbocycles. The molecule has 2 aliphatic heterocycles. The van der Waals surface area contributed by atoms with Crippen LogP contribution in [0.1, 0.15) is 22.8 Å². The molecule has 2 heterocycles. The molecule has 1 unspecified atom stereocenters. The van der Waals surface area contributed by atoms with E-state index in [4.69, 9.17) is 7.85 Å². The third kappa shape index (κ3) is 1.86. The molecule has 1 atom stereocenters. The topological polar surface area (TPSA) is 78.5 Å². The third-order valence-electron chi connectivity index (χ3n) is 3.63. The first-order valence-corrected chi connectivity index (χ1v) is 6.20. The third-order valence-corrected chi connectivity index (χ3v) is 3.63. The lowest BCUT2D eigenvalue weighted by Gasteiger charge is -2.26. The van der Waals surface area contributed by atoms with Crippen LogP contribution >= 0.6 is 0 Å². The van der Waals surface area contributed by atoms with Crippen LogP contribution in [0, 0.1) is 0 Å². The first kappa shape index (κ1) is 12.7. The van der Waals surface area contributed by atoms with Crippen molar-refractivity contribution in [2.45, 2.75) is 19.0 Å². The lowest BCUT2D eigenvalue weighted by molar-refractivity contribution is -0.123. The first-order chi connectivity index (χ1) is 9.39. The van der Waals surface area contributed by atoms with E-state index < -0.39 is 17.5 Å². The highest BCUT2D eigenvalue weighted by atomic mass is 16.2. The van der Waals surface area contributed by atoms with E-state index in [2.05, 4.69) is 10.6 Å². The first-order valence-electron chi connectivity index (χ1n) is 6.20. The maximum Gasteiger partial charge on any atom is 0.322 e. The molecule has 3 rings (SSSR count). The SMILES string of the molecule is [B]c1ccc2c(c1)CN(CC1(C)NC(=O)NC1=O)C2=O. The molecule has 0 saturated carbocycles. The van der Waals surface area contributed by atoms with Crippen LogP contribution in [0.25, 0.3) is 0 Å². The average Bonchev–Trinajstić information content (AvgIpc) is 2.77. The van der Waals surface area contributed by atoms with Gasteiger partial charge in [-0.25, -0.2) is 4.79 Å². The second-order valence-corrected chi connectivity index (χ2v) is 5.32. The van der Waals surface area contributed by atoms with E-state index in [-0.39, 0.29) is 12.5 Å². The lowest BCUT2D eigenvalue weighted by atomic mass is 9.93. The summed E-state index contributed by atoms with van der Waals surface area (Å²) in [5.74, 6) is -0.582. The van der Waals surface area contributed by atoms with Gasteiger partial charge in [0.2, 0.25) is 0 Å². The molecule has 1 aromatic rings. The number of urea groups is 1. The number of carbonyl (C=O) groups excluding carboxylic acids is 3. The molecule has 100 valence electrons. The van der Waals surface area contributed by atoms with Gasteiger partial charge in [0, 0.05) is 12.1 Å². The summed E-state index contributed by atoms with van der Waals surface area (Å²) in [6.45, 7) is 2.10. The molecule has 2 radical (unpaired) electrons. The van der Waals surface area contributed by atoms with Crippen molar-refractivity contribution in [2.75, 3.05) is 6.54 Å². The highest BCUT2D eigenvalue weighted by Gasteiger charge is 2.45. The van der Waals surface area contributed by atoms with Crippen molar-refractivity contribution in [3.8, 4) is 0 Å². The van der Waals surface area contributed by atoms with Crippen molar-refractivity contribution in [1.29, 1.82) is 0 Å². The number of carbonyl (C=O) groups is 3. The fraction of sp³-hybridized carbons (Fsp3) is 0.308. The monoisotopic (exact) mass is 269 g/mol. The Morgan fingerprint density at radius 2 is 2.10 bits per heavy atom. The van der Waals surface area contributed by atoms with Crippen LogP contribution in [0.4, 0.5) is 4.79 Å². The molecule has 1 fully saturated rings. The van der Waals surface area contributed by atoms with Crippen molar-refractivity contribution in [2.24, 2.45) is 0 Å². The maximum absolute atomic E-state index is 12.3. The van der Waals surface area contributed by atoms with Crippen molar-refractivity contribution >= 4 is 31.2 Å². The van der Waals surface area contributed by atoms with Crippen LogP contribution < -0.4 is 16.1 Å². The Morgan fingerprint density at radius 3 is 2.75 bits per heavy atom. The molecule has 20 heavy (non-hydrogen) atoms. The molecule has 7 heteroatoms. The molecule has 6 nitrogen and oxygen atoms in total. The maximum atomic E-state index is 12.3. The molecule has 2 aliphatic rings. The van der Waals surface area contributed by atoms with E-state index in [0.717, 1.165) is 5.56 Å². The Kier molecular flexibility index (Phi) is 2.60. The fourth-order valence-electron chi connectivity index (χ4n) is 2.60. The van der Waals surface area contributed by atoms with Crippen LogP contribution in [-0.4, -0.2) is 42.7 Å². The zero-order valence-corrected chi connectivity index (χ0v) is 10.9. The van der Waals surface area contributed by atoms with Gasteiger partial charge in [-0.05, 0) is 18.6 Å². The van der Waals surface area contributed by atoms with Gasteiger partial charge in [0.15, 0.2) is 0 Å². The van der Waals surface area contributed by atoms with Gasteiger partial charge in [0.1, 0.15) is 13.4 Å². The van der Waals surface area contributed by atoms with E-state index >= 15 is 0 Å². The summed E-state index contributed by atoms with van der Waals surface area (Å²) in [6.07, 6.45) is 0. The van der Waals surface area contributed by atoms with Crippen molar-refractivity contribution in [1.82, 2.24) is 15.5 Å². The van der Waals surface area contributed by atoms with Gasteiger partial charge in [-0.3, -0.25) is 14.9 Å². The minimum absolute atomic E-state index is 0.123. The van der Waals surface area contributed by atoms with Crippen LogP contribution in [0.3, 0.4) is 0 Å². The van der Waals surface area contributed by atoms with E-state index in [9.17, 15) is 14.4 Å². The number of hydrogen-bond acceptors (Lipinski definition) is 3. The molecule has 4 amide bonds. The minimum atomic E-state index is -1.10. The average molecular weight is 269 g/mol. The van der Waals surface area contributed by atoms with Crippen molar-refractivity contribution in [3.63, 3.8) is 0 Å². The summed E-state index contributed by atoms with van der Waals surface area (Å²) in [6, 6.07) is 4.57.